The fourth-order valence-corrected chi connectivity index (χ4v) is 3.02. The highest BCUT2D eigenvalue weighted by Crippen LogP contribution is 2.28. The van der Waals surface area contributed by atoms with Gasteiger partial charge in [0.2, 0.25) is 11.7 Å². The van der Waals surface area contributed by atoms with Crippen molar-refractivity contribution in [1.82, 2.24) is 15.5 Å². The Labute approximate surface area is 144 Å². The molecule has 7 heteroatoms. The lowest BCUT2D eigenvalue weighted by atomic mass is 10.2. The molecule has 0 aliphatic carbocycles. The van der Waals surface area contributed by atoms with E-state index in [0.29, 0.717) is 18.3 Å². The van der Waals surface area contributed by atoms with Crippen LogP contribution in [0.5, 0.6) is 0 Å². The van der Waals surface area contributed by atoms with Gasteiger partial charge >= 0.3 is 0 Å². The van der Waals surface area contributed by atoms with Crippen molar-refractivity contribution in [2.75, 3.05) is 19.0 Å². The molecule has 1 amide bonds. The third-order valence-corrected chi connectivity index (χ3v) is 4.53. The summed E-state index contributed by atoms with van der Waals surface area (Å²) in [5.74, 6) is 1.00. The topological polar surface area (TPSA) is 71.3 Å². The highest BCUT2D eigenvalue weighted by atomic mass is 32.1. The van der Waals surface area contributed by atoms with Gasteiger partial charge in [0.25, 0.3) is 5.89 Å². The standard InChI is InChI=1S/C17H18N4O2S/c1-11(22)18-10-14-8-9-15(24-14)16-19-17(23-20-16)12-4-6-13(7-5-12)21(2)3/h4-9H,10H2,1-3H3,(H,18,22). The summed E-state index contributed by atoms with van der Waals surface area (Å²) in [4.78, 5) is 19.4. The molecule has 24 heavy (non-hydrogen) atoms. The predicted octanol–water partition coefficient (Wildman–Crippen LogP) is 3.17. The van der Waals surface area contributed by atoms with Gasteiger partial charge < -0.3 is 14.7 Å². The summed E-state index contributed by atoms with van der Waals surface area (Å²) in [6.07, 6.45) is 0. The number of rotatable bonds is 5. The van der Waals surface area contributed by atoms with Gasteiger partial charge in [0.05, 0.1) is 11.4 Å². The molecule has 1 aromatic carbocycles. The van der Waals surface area contributed by atoms with Crippen molar-refractivity contribution in [3.63, 3.8) is 0 Å². The van der Waals surface area contributed by atoms with Gasteiger partial charge in [0.1, 0.15) is 0 Å². The van der Waals surface area contributed by atoms with Crippen LogP contribution in [0.3, 0.4) is 0 Å². The molecule has 0 aliphatic rings. The van der Waals surface area contributed by atoms with Crippen molar-refractivity contribution in [1.29, 1.82) is 0 Å². The van der Waals surface area contributed by atoms with Gasteiger partial charge in [-0.05, 0) is 36.4 Å². The monoisotopic (exact) mass is 342 g/mol. The first-order valence-electron chi connectivity index (χ1n) is 7.48. The quantitative estimate of drug-likeness (QED) is 0.771. The minimum atomic E-state index is -0.0482. The third-order valence-electron chi connectivity index (χ3n) is 3.45. The molecule has 0 unspecified atom stereocenters. The summed E-state index contributed by atoms with van der Waals surface area (Å²) in [7, 11) is 3.99. The molecule has 2 heterocycles. The minimum absolute atomic E-state index is 0.0482. The number of nitrogens with one attached hydrogen (secondary N) is 1. The Morgan fingerprint density at radius 1 is 1.21 bits per heavy atom. The SMILES string of the molecule is CC(=O)NCc1ccc(-c2noc(-c3ccc(N(C)C)cc3)n2)s1. The molecule has 3 rings (SSSR count). The van der Waals surface area contributed by atoms with Crippen molar-refractivity contribution >= 4 is 22.9 Å². The van der Waals surface area contributed by atoms with Gasteiger partial charge in [-0.2, -0.15) is 4.98 Å². The number of amides is 1. The van der Waals surface area contributed by atoms with Crippen LogP contribution < -0.4 is 10.2 Å². The molecule has 0 radical (unpaired) electrons. The van der Waals surface area contributed by atoms with E-state index in [1.54, 1.807) is 0 Å². The van der Waals surface area contributed by atoms with E-state index in [4.69, 9.17) is 4.52 Å². The van der Waals surface area contributed by atoms with Gasteiger partial charge in [0, 0.05) is 37.1 Å². The summed E-state index contributed by atoms with van der Waals surface area (Å²) in [5, 5.41) is 6.83. The lowest BCUT2D eigenvalue weighted by molar-refractivity contribution is -0.119. The predicted molar refractivity (Wildman–Crippen MR) is 94.9 cm³/mol. The van der Waals surface area contributed by atoms with Crippen LogP contribution >= 0.6 is 11.3 Å². The highest BCUT2D eigenvalue weighted by Gasteiger charge is 2.13. The van der Waals surface area contributed by atoms with Crippen LogP contribution in [0.25, 0.3) is 22.2 Å². The van der Waals surface area contributed by atoms with Crippen molar-refractivity contribution < 1.29 is 9.32 Å². The third kappa shape index (κ3) is 3.62. The molecule has 6 nitrogen and oxygen atoms in total. The molecule has 0 fully saturated rings. The molecule has 1 N–H and O–H groups in total. The summed E-state index contributed by atoms with van der Waals surface area (Å²) in [6, 6.07) is 11.8. The van der Waals surface area contributed by atoms with Crippen molar-refractivity contribution in [2.45, 2.75) is 13.5 Å². The van der Waals surface area contributed by atoms with Crippen molar-refractivity contribution in [3.05, 3.63) is 41.3 Å². The van der Waals surface area contributed by atoms with E-state index in [1.165, 1.54) is 18.3 Å². The van der Waals surface area contributed by atoms with E-state index in [-0.39, 0.29) is 5.91 Å². The fourth-order valence-electron chi connectivity index (χ4n) is 2.15. The van der Waals surface area contributed by atoms with E-state index in [0.717, 1.165) is 21.0 Å². The first-order chi connectivity index (χ1) is 11.5. The smallest absolute Gasteiger partial charge is 0.258 e. The van der Waals surface area contributed by atoms with Gasteiger partial charge in [-0.3, -0.25) is 4.79 Å². The van der Waals surface area contributed by atoms with Gasteiger partial charge in [-0.25, -0.2) is 0 Å². The van der Waals surface area contributed by atoms with Crippen LogP contribution in [0.15, 0.2) is 40.9 Å². The number of anilines is 1. The highest BCUT2D eigenvalue weighted by molar-refractivity contribution is 7.15. The van der Waals surface area contributed by atoms with Crippen LogP contribution in [-0.2, 0) is 11.3 Å². The molecule has 0 saturated heterocycles. The van der Waals surface area contributed by atoms with E-state index < -0.39 is 0 Å². The Balaban J connectivity index is 1.76. The lowest BCUT2D eigenvalue weighted by Crippen LogP contribution is -2.17. The van der Waals surface area contributed by atoms with Crippen molar-refractivity contribution in [3.8, 4) is 22.2 Å². The number of hydrogen-bond acceptors (Lipinski definition) is 6. The zero-order chi connectivity index (χ0) is 17.1. The molecule has 0 bridgehead atoms. The maximum atomic E-state index is 11.0. The Kier molecular flexibility index (Phi) is 4.61. The first kappa shape index (κ1) is 16.2. The van der Waals surface area contributed by atoms with Crippen LogP contribution in [0, 0.1) is 0 Å². The van der Waals surface area contributed by atoms with Crippen LogP contribution in [0.2, 0.25) is 0 Å². The van der Waals surface area contributed by atoms with Crippen molar-refractivity contribution in [2.24, 2.45) is 0 Å². The maximum absolute atomic E-state index is 11.0. The average molecular weight is 342 g/mol. The molecule has 0 saturated carbocycles. The summed E-state index contributed by atoms with van der Waals surface area (Å²) in [6.45, 7) is 2.01. The van der Waals surface area contributed by atoms with Crippen LogP contribution in [-0.4, -0.2) is 30.1 Å². The van der Waals surface area contributed by atoms with Crippen LogP contribution in [0.4, 0.5) is 5.69 Å². The Morgan fingerprint density at radius 2 is 1.96 bits per heavy atom. The van der Waals surface area contributed by atoms with Gasteiger partial charge in [-0.15, -0.1) is 11.3 Å². The Bertz CT molecular complexity index is 836. The lowest BCUT2D eigenvalue weighted by Gasteiger charge is -2.11. The maximum Gasteiger partial charge on any atom is 0.258 e. The number of hydrogen-bond donors (Lipinski definition) is 1. The van der Waals surface area contributed by atoms with Gasteiger partial charge in [-0.1, -0.05) is 5.16 Å². The molecule has 2 aromatic heterocycles. The second-order valence-electron chi connectivity index (χ2n) is 5.54. The molecular weight excluding hydrogens is 324 g/mol. The zero-order valence-electron chi connectivity index (χ0n) is 13.7. The summed E-state index contributed by atoms with van der Waals surface area (Å²) in [5.41, 5.74) is 1.99. The van der Waals surface area contributed by atoms with E-state index in [2.05, 4.69) is 15.5 Å². The number of carbonyl (C=O) groups excluding carboxylic acids is 1. The number of nitrogens with zero attached hydrogens (tertiary/aromatic N) is 3. The number of thiophene rings is 1. The largest absolute Gasteiger partial charge is 0.378 e. The molecule has 0 aliphatic heterocycles. The second-order valence-corrected chi connectivity index (χ2v) is 6.71. The normalized spacial score (nSPS) is 10.6. The molecule has 124 valence electrons. The number of aromatic nitrogens is 2. The Morgan fingerprint density at radius 3 is 2.62 bits per heavy atom. The van der Waals surface area contributed by atoms with Gasteiger partial charge in [0.15, 0.2) is 0 Å². The average Bonchev–Trinajstić information content (AvgIpc) is 3.22. The molecular formula is C17H18N4O2S. The zero-order valence-corrected chi connectivity index (χ0v) is 14.6. The first-order valence-corrected chi connectivity index (χ1v) is 8.29. The van der Waals surface area contributed by atoms with Crippen LogP contribution in [0.1, 0.15) is 11.8 Å². The second kappa shape index (κ2) is 6.84. The van der Waals surface area contributed by atoms with E-state index in [9.17, 15) is 4.79 Å². The number of benzene rings is 1. The molecule has 0 spiro atoms. The molecule has 3 aromatic rings. The van der Waals surface area contributed by atoms with E-state index in [1.807, 2.05) is 55.4 Å². The molecule has 0 atom stereocenters. The number of carbonyl (C=O) groups is 1. The summed E-state index contributed by atoms with van der Waals surface area (Å²) >= 11 is 1.54. The minimum Gasteiger partial charge on any atom is -0.378 e. The Hall–Kier alpha value is -2.67. The fraction of sp³-hybridized carbons (Fsp3) is 0.235. The summed E-state index contributed by atoms with van der Waals surface area (Å²) < 4.78 is 5.38. The van der Waals surface area contributed by atoms with E-state index >= 15 is 0 Å².